The third-order valence-corrected chi connectivity index (χ3v) is 5.12. The molecule has 3 aromatic heterocycles. The normalized spacial score (nSPS) is 15.1. The summed E-state index contributed by atoms with van der Waals surface area (Å²) >= 11 is 0. The van der Waals surface area contributed by atoms with Gasteiger partial charge in [0.15, 0.2) is 5.65 Å². The highest BCUT2D eigenvalue weighted by Gasteiger charge is 2.23. The van der Waals surface area contributed by atoms with E-state index in [0.717, 1.165) is 71.8 Å². The molecule has 1 saturated heterocycles. The first-order valence-corrected chi connectivity index (χ1v) is 9.08. The van der Waals surface area contributed by atoms with Crippen LogP contribution in [0.2, 0.25) is 0 Å². The van der Waals surface area contributed by atoms with Crippen LogP contribution >= 0.6 is 0 Å². The van der Waals surface area contributed by atoms with Gasteiger partial charge in [-0.25, -0.2) is 9.97 Å². The summed E-state index contributed by atoms with van der Waals surface area (Å²) in [7, 11) is 0. The van der Waals surface area contributed by atoms with Crippen molar-refractivity contribution in [3.05, 3.63) is 40.6 Å². The van der Waals surface area contributed by atoms with Crippen LogP contribution < -0.4 is 9.80 Å². The lowest BCUT2D eigenvalue weighted by Crippen LogP contribution is -2.47. The highest BCUT2D eigenvalue weighted by molar-refractivity contribution is 5.57. The first-order valence-electron chi connectivity index (χ1n) is 9.08. The second-order valence-electron chi connectivity index (χ2n) is 7.10. The van der Waals surface area contributed by atoms with Gasteiger partial charge in [-0.1, -0.05) is 0 Å². The standard InChI is InChI=1S/C19H25N7/c1-12-10-17(26-18(21-12)14(3)15(4)23-26)24-6-8-25(9-7-24)19-16(5)20-11-13(2)22-19/h10-11H,6-9H2,1-5H3. The molecular weight excluding hydrogens is 326 g/mol. The smallest absolute Gasteiger partial charge is 0.160 e. The predicted molar refractivity (Wildman–Crippen MR) is 103 cm³/mol. The predicted octanol–water partition coefficient (Wildman–Crippen LogP) is 2.39. The average molecular weight is 351 g/mol. The number of hydrogen-bond acceptors (Lipinski definition) is 6. The molecule has 1 fully saturated rings. The Labute approximate surface area is 153 Å². The Kier molecular flexibility index (Phi) is 4.01. The molecule has 136 valence electrons. The Morgan fingerprint density at radius 1 is 0.808 bits per heavy atom. The Morgan fingerprint density at radius 2 is 1.50 bits per heavy atom. The van der Waals surface area contributed by atoms with Crippen LogP contribution in [0.25, 0.3) is 5.65 Å². The van der Waals surface area contributed by atoms with Crippen LogP contribution in [0.5, 0.6) is 0 Å². The molecule has 0 aromatic carbocycles. The first kappa shape index (κ1) is 16.8. The topological polar surface area (TPSA) is 62.5 Å². The van der Waals surface area contributed by atoms with Crippen LogP contribution in [0.15, 0.2) is 12.3 Å². The SMILES string of the molecule is Cc1cnc(C)c(N2CCN(c3cc(C)nc4c(C)c(C)nn34)CC2)n1. The van der Waals surface area contributed by atoms with Crippen LogP contribution in [-0.2, 0) is 0 Å². The lowest BCUT2D eigenvalue weighted by molar-refractivity contribution is 0.629. The molecule has 1 aliphatic rings. The molecule has 0 unspecified atom stereocenters. The zero-order chi connectivity index (χ0) is 18.4. The molecule has 0 aliphatic carbocycles. The molecule has 0 saturated carbocycles. The Hall–Kier alpha value is -2.70. The molecule has 4 rings (SSSR count). The number of piperazine rings is 1. The number of aryl methyl sites for hydroxylation is 5. The van der Waals surface area contributed by atoms with E-state index in [1.807, 2.05) is 38.4 Å². The molecule has 0 bridgehead atoms. The average Bonchev–Trinajstić information content (AvgIpc) is 2.91. The summed E-state index contributed by atoms with van der Waals surface area (Å²) in [4.78, 5) is 18.5. The summed E-state index contributed by atoms with van der Waals surface area (Å²) in [6.45, 7) is 13.9. The van der Waals surface area contributed by atoms with Crippen LogP contribution in [0.4, 0.5) is 11.6 Å². The van der Waals surface area contributed by atoms with Crippen molar-refractivity contribution >= 4 is 17.3 Å². The summed E-state index contributed by atoms with van der Waals surface area (Å²) < 4.78 is 1.99. The van der Waals surface area contributed by atoms with E-state index < -0.39 is 0 Å². The minimum atomic E-state index is 0.918. The lowest BCUT2D eigenvalue weighted by Gasteiger charge is -2.37. The van der Waals surface area contributed by atoms with Gasteiger partial charge in [0.05, 0.1) is 17.1 Å². The summed E-state index contributed by atoms with van der Waals surface area (Å²) in [5.74, 6) is 2.13. The van der Waals surface area contributed by atoms with Gasteiger partial charge in [0.1, 0.15) is 11.6 Å². The van der Waals surface area contributed by atoms with Crippen LogP contribution in [0, 0.1) is 34.6 Å². The molecule has 7 heteroatoms. The molecule has 3 aromatic rings. The molecule has 4 heterocycles. The van der Waals surface area contributed by atoms with Crippen LogP contribution in [0.3, 0.4) is 0 Å². The van der Waals surface area contributed by atoms with Crippen molar-refractivity contribution in [3.63, 3.8) is 0 Å². The molecule has 0 spiro atoms. The molecule has 0 N–H and O–H groups in total. The third-order valence-electron chi connectivity index (χ3n) is 5.12. The Bertz CT molecular complexity index is 968. The van der Waals surface area contributed by atoms with Gasteiger partial charge in [-0.15, -0.1) is 0 Å². The fraction of sp³-hybridized carbons (Fsp3) is 0.474. The molecule has 0 radical (unpaired) electrons. The molecular formula is C19H25N7. The van der Waals surface area contributed by atoms with E-state index in [9.17, 15) is 0 Å². The number of fused-ring (bicyclic) bond motifs is 1. The van der Waals surface area contributed by atoms with Gasteiger partial charge in [-0.3, -0.25) is 4.98 Å². The van der Waals surface area contributed by atoms with E-state index in [1.54, 1.807) is 0 Å². The van der Waals surface area contributed by atoms with Crippen molar-refractivity contribution in [1.82, 2.24) is 24.6 Å². The van der Waals surface area contributed by atoms with Gasteiger partial charge in [0, 0.05) is 49.7 Å². The van der Waals surface area contributed by atoms with Crippen molar-refractivity contribution in [2.75, 3.05) is 36.0 Å². The maximum absolute atomic E-state index is 4.71. The second-order valence-corrected chi connectivity index (χ2v) is 7.10. The lowest BCUT2D eigenvalue weighted by atomic mass is 10.2. The van der Waals surface area contributed by atoms with Crippen LogP contribution in [0.1, 0.15) is 28.3 Å². The number of aromatic nitrogens is 5. The van der Waals surface area contributed by atoms with Crippen LogP contribution in [-0.4, -0.2) is 50.7 Å². The van der Waals surface area contributed by atoms with Gasteiger partial charge >= 0.3 is 0 Å². The summed E-state index contributed by atoms with van der Waals surface area (Å²) in [5.41, 5.74) is 6.12. The van der Waals surface area contributed by atoms with E-state index in [4.69, 9.17) is 10.1 Å². The number of hydrogen-bond donors (Lipinski definition) is 0. The maximum atomic E-state index is 4.71. The minimum Gasteiger partial charge on any atom is -0.353 e. The van der Waals surface area contributed by atoms with Crippen molar-refractivity contribution in [2.24, 2.45) is 0 Å². The van der Waals surface area contributed by atoms with Gasteiger partial charge in [-0.05, 0) is 34.6 Å². The molecule has 0 amide bonds. The fourth-order valence-electron chi connectivity index (χ4n) is 3.53. The molecule has 7 nitrogen and oxygen atoms in total. The number of anilines is 2. The van der Waals surface area contributed by atoms with Crippen molar-refractivity contribution in [2.45, 2.75) is 34.6 Å². The van der Waals surface area contributed by atoms with E-state index in [0.29, 0.717) is 0 Å². The minimum absolute atomic E-state index is 0.918. The summed E-state index contributed by atoms with van der Waals surface area (Å²) in [6, 6.07) is 2.13. The van der Waals surface area contributed by atoms with Gasteiger partial charge in [0.2, 0.25) is 0 Å². The number of nitrogens with zero attached hydrogens (tertiary/aromatic N) is 7. The van der Waals surface area contributed by atoms with Crippen molar-refractivity contribution in [3.8, 4) is 0 Å². The summed E-state index contributed by atoms with van der Waals surface area (Å²) in [6.07, 6.45) is 1.83. The molecule has 0 atom stereocenters. The van der Waals surface area contributed by atoms with E-state index >= 15 is 0 Å². The third kappa shape index (κ3) is 2.77. The maximum Gasteiger partial charge on any atom is 0.160 e. The van der Waals surface area contributed by atoms with Crippen molar-refractivity contribution < 1.29 is 0 Å². The highest BCUT2D eigenvalue weighted by atomic mass is 15.4. The summed E-state index contributed by atoms with van der Waals surface area (Å²) in [5, 5.41) is 4.71. The Morgan fingerprint density at radius 3 is 2.23 bits per heavy atom. The van der Waals surface area contributed by atoms with E-state index in [-0.39, 0.29) is 0 Å². The van der Waals surface area contributed by atoms with Gasteiger partial charge in [-0.2, -0.15) is 9.61 Å². The second kappa shape index (κ2) is 6.23. The largest absolute Gasteiger partial charge is 0.353 e. The Balaban J connectivity index is 1.62. The molecule has 1 aliphatic heterocycles. The number of rotatable bonds is 2. The van der Waals surface area contributed by atoms with E-state index in [1.165, 1.54) is 0 Å². The van der Waals surface area contributed by atoms with Gasteiger partial charge in [0.25, 0.3) is 0 Å². The highest BCUT2D eigenvalue weighted by Crippen LogP contribution is 2.24. The molecule has 26 heavy (non-hydrogen) atoms. The fourth-order valence-corrected chi connectivity index (χ4v) is 3.53. The van der Waals surface area contributed by atoms with Gasteiger partial charge < -0.3 is 9.80 Å². The first-order chi connectivity index (χ1) is 12.4. The van der Waals surface area contributed by atoms with E-state index in [2.05, 4.69) is 32.8 Å². The quantitative estimate of drug-likeness (QED) is 0.706. The zero-order valence-corrected chi connectivity index (χ0v) is 16.1. The zero-order valence-electron chi connectivity index (χ0n) is 16.1. The monoisotopic (exact) mass is 351 g/mol. The van der Waals surface area contributed by atoms with Crippen molar-refractivity contribution in [1.29, 1.82) is 0 Å².